The highest BCUT2D eigenvalue weighted by atomic mass is 19.4. The normalized spacial score (nSPS) is 13.6. The van der Waals surface area contributed by atoms with E-state index >= 15 is 0 Å². The van der Waals surface area contributed by atoms with Crippen molar-refractivity contribution in [2.45, 2.75) is 26.1 Å². The molecule has 102 valence electrons. The van der Waals surface area contributed by atoms with Crippen LogP contribution in [-0.2, 0) is 6.18 Å². The summed E-state index contributed by atoms with van der Waals surface area (Å²) in [6.07, 6.45) is -5.85. The first-order chi connectivity index (χ1) is 8.80. The summed E-state index contributed by atoms with van der Waals surface area (Å²) in [5.41, 5.74) is -0.645. The van der Waals surface area contributed by atoms with Gasteiger partial charge in [0.2, 0.25) is 0 Å². The summed E-state index contributed by atoms with van der Waals surface area (Å²) in [6.45, 7) is 3.29. The first-order valence-electron chi connectivity index (χ1n) is 5.72. The van der Waals surface area contributed by atoms with Crippen LogP contribution < -0.4 is 0 Å². The van der Waals surface area contributed by atoms with Gasteiger partial charge in [0.25, 0.3) is 0 Å². The van der Waals surface area contributed by atoms with E-state index in [1.807, 2.05) is 0 Å². The van der Waals surface area contributed by atoms with Crippen molar-refractivity contribution in [1.82, 2.24) is 0 Å². The van der Waals surface area contributed by atoms with E-state index in [9.17, 15) is 18.3 Å². The molecule has 0 aliphatic heterocycles. The average Bonchev–Trinajstić information content (AvgIpc) is 2.66. The highest BCUT2D eigenvalue weighted by Crippen LogP contribution is 2.37. The Morgan fingerprint density at radius 3 is 2.26 bits per heavy atom. The third-order valence-electron chi connectivity index (χ3n) is 2.93. The highest BCUT2D eigenvalue weighted by Gasteiger charge is 2.35. The molecule has 2 aromatic rings. The van der Waals surface area contributed by atoms with Crippen LogP contribution in [0.5, 0.6) is 0 Å². The lowest BCUT2D eigenvalue weighted by Gasteiger charge is -2.17. The van der Waals surface area contributed by atoms with Crippen LogP contribution in [-0.4, -0.2) is 5.11 Å². The Bertz CT molecular complexity index is 585. The minimum atomic E-state index is -4.50. The molecule has 1 heterocycles. The van der Waals surface area contributed by atoms with Crippen LogP contribution in [0.1, 0.15) is 34.3 Å². The fourth-order valence-corrected chi connectivity index (χ4v) is 2.08. The summed E-state index contributed by atoms with van der Waals surface area (Å²) in [5.74, 6) is 0.970. The van der Waals surface area contributed by atoms with Crippen molar-refractivity contribution in [3.63, 3.8) is 0 Å². The molecule has 1 N–H and O–H groups in total. The second-order valence-electron chi connectivity index (χ2n) is 4.36. The van der Waals surface area contributed by atoms with Gasteiger partial charge in [0.15, 0.2) is 0 Å². The number of hydrogen-bond acceptors (Lipinski definition) is 2. The van der Waals surface area contributed by atoms with Gasteiger partial charge in [-0.15, -0.1) is 0 Å². The van der Waals surface area contributed by atoms with Gasteiger partial charge in [-0.25, -0.2) is 0 Å². The number of aliphatic hydroxyl groups excluding tert-OH is 1. The molecule has 0 amide bonds. The zero-order chi connectivity index (χ0) is 14.2. The molecule has 0 saturated carbocycles. The van der Waals surface area contributed by atoms with Crippen molar-refractivity contribution < 1.29 is 22.7 Å². The molecule has 1 atom stereocenters. The van der Waals surface area contributed by atoms with Crippen molar-refractivity contribution in [3.05, 3.63) is 58.5 Å². The molecule has 5 heteroatoms. The van der Waals surface area contributed by atoms with E-state index in [-0.39, 0.29) is 5.56 Å². The number of benzene rings is 1. The molecular weight excluding hydrogens is 257 g/mol. The lowest BCUT2D eigenvalue weighted by molar-refractivity contribution is -0.139. The Morgan fingerprint density at radius 2 is 1.74 bits per heavy atom. The van der Waals surface area contributed by atoms with Gasteiger partial charge >= 0.3 is 6.18 Å². The molecule has 0 aliphatic rings. The van der Waals surface area contributed by atoms with Crippen LogP contribution in [0.3, 0.4) is 0 Å². The number of furan rings is 1. The van der Waals surface area contributed by atoms with Crippen molar-refractivity contribution >= 4 is 0 Å². The SMILES string of the molecule is Cc1cc(C(O)c2ccccc2C(F)(F)F)c(C)o1. The predicted molar refractivity (Wildman–Crippen MR) is 63.7 cm³/mol. The number of alkyl halides is 3. The molecule has 19 heavy (non-hydrogen) atoms. The summed E-state index contributed by atoms with van der Waals surface area (Å²) < 4.78 is 43.9. The fraction of sp³-hybridized carbons (Fsp3) is 0.286. The first kappa shape index (κ1) is 13.7. The van der Waals surface area contributed by atoms with Crippen LogP contribution in [0.15, 0.2) is 34.7 Å². The molecule has 0 bridgehead atoms. The van der Waals surface area contributed by atoms with Gasteiger partial charge in [-0.1, -0.05) is 18.2 Å². The minimum Gasteiger partial charge on any atom is -0.466 e. The second kappa shape index (κ2) is 4.74. The summed E-state index contributed by atoms with van der Waals surface area (Å²) in [4.78, 5) is 0. The molecule has 0 fully saturated rings. The van der Waals surface area contributed by atoms with Crippen molar-refractivity contribution in [3.8, 4) is 0 Å². The topological polar surface area (TPSA) is 33.4 Å². The largest absolute Gasteiger partial charge is 0.466 e. The lowest BCUT2D eigenvalue weighted by Crippen LogP contribution is -2.12. The Balaban J connectivity index is 2.50. The van der Waals surface area contributed by atoms with Crippen LogP contribution in [0, 0.1) is 13.8 Å². The van der Waals surface area contributed by atoms with Gasteiger partial charge in [0.05, 0.1) is 5.56 Å². The molecular formula is C14H13F3O2. The maximum atomic E-state index is 12.9. The predicted octanol–water partition coefficient (Wildman–Crippen LogP) is 4.00. The average molecular weight is 270 g/mol. The Labute approximate surface area is 108 Å². The van der Waals surface area contributed by atoms with Gasteiger partial charge in [-0.2, -0.15) is 13.2 Å². The number of aliphatic hydroxyl groups is 1. The molecule has 0 spiro atoms. The van der Waals surface area contributed by atoms with Crippen molar-refractivity contribution in [2.24, 2.45) is 0 Å². The first-order valence-corrected chi connectivity index (χ1v) is 5.72. The summed E-state index contributed by atoms with van der Waals surface area (Å²) in [5, 5.41) is 10.2. The Hall–Kier alpha value is -1.75. The number of hydrogen-bond donors (Lipinski definition) is 1. The molecule has 0 radical (unpaired) electrons. The molecule has 1 aromatic heterocycles. The van der Waals surface area contributed by atoms with Gasteiger partial charge in [0, 0.05) is 5.56 Å². The van der Waals surface area contributed by atoms with Crippen molar-refractivity contribution in [1.29, 1.82) is 0 Å². The van der Waals surface area contributed by atoms with Gasteiger partial charge in [0.1, 0.15) is 17.6 Å². The Morgan fingerprint density at radius 1 is 1.11 bits per heavy atom. The summed E-state index contributed by atoms with van der Waals surface area (Å²) in [6, 6.07) is 6.55. The summed E-state index contributed by atoms with van der Waals surface area (Å²) >= 11 is 0. The molecule has 0 aliphatic carbocycles. The number of halogens is 3. The maximum Gasteiger partial charge on any atom is 0.416 e. The van der Waals surface area contributed by atoms with Crippen molar-refractivity contribution in [2.75, 3.05) is 0 Å². The van der Waals surface area contributed by atoms with Gasteiger partial charge in [-0.3, -0.25) is 0 Å². The zero-order valence-corrected chi connectivity index (χ0v) is 10.5. The molecule has 0 saturated heterocycles. The standard InChI is InChI=1S/C14H13F3O2/c1-8-7-11(9(2)19-8)13(18)10-5-3-4-6-12(10)14(15,16)17/h3-7,13,18H,1-2H3. The second-order valence-corrected chi connectivity index (χ2v) is 4.36. The van der Waals surface area contributed by atoms with E-state index in [4.69, 9.17) is 4.42 Å². The third kappa shape index (κ3) is 2.66. The van der Waals surface area contributed by atoms with E-state index < -0.39 is 17.8 Å². The quantitative estimate of drug-likeness (QED) is 0.894. The van der Waals surface area contributed by atoms with Crippen LogP contribution in [0.25, 0.3) is 0 Å². The van der Waals surface area contributed by atoms with Crippen LogP contribution in [0.4, 0.5) is 13.2 Å². The van der Waals surface area contributed by atoms with E-state index in [1.54, 1.807) is 19.9 Å². The van der Waals surface area contributed by atoms with Crippen LogP contribution in [0.2, 0.25) is 0 Å². The van der Waals surface area contributed by atoms with Gasteiger partial charge in [-0.05, 0) is 31.5 Å². The van der Waals surface area contributed by atoms with E-state index in [2.05, 4.69) is 0 Å². The van der Waals surface area contributed by atoms with E-state index in [0.717, 1.165) is 6.07 Å². The van der Waals surface area contributed by atoms with E-state index in [0.29, 0.717) is 17.1 Å². The smallest absolute Gasteiger partial charge is 0.416 e. The fourth-order valence-electron chi connectivity index (χ4n) is 2.08. The molecule has 1 aromatic carbocycles. The Kier molecular flexibility index (Phi) is 3.41. The lowest BCUT2D eigenvalue weighted by atomic mass is 9.96. The molecule has 2 nitrogen and oxygen atoms in total. The van der Waals surface area contributed by atoms with Crippen LogP contribution >= 0.6 is 0 Å². The maximum absolute atomic E-state index is 12.9. The number of rotatable bonds is 2. The number of aryl methyl sites for hydroxylation is 2. The minimum absolute atomic E-state index is 0.168. The van der Waals surface area contributed by atoms with Gasteiger partial charge < -0.3 is 9.52 Å². The third-order valence-corrected chi connectivity index (χ3v) is 2.93. The molecule has 2 rings (SSSR count). The van der Waals surface area contributed by atoms with E-state index in [1.165, 1.54) is 18.2 Å². The highest BCUT2D eigenvalue weighted by molar-refractivity contribution is 5.38. The zero-order valence-electron chi connectivity index (χ0n) is 10.5. The monoisotopic (exact) mass is 270 g/mol. The summed E-state index contributed by atoms with van der Waals surface area (Å²) in [7, 11) is 0. The molecule has 1 unspecified atom stereocenters.